The molecule has 7 nitrogen and oxygen atoms in total. The van der Waals surface area contributed by atoms with Gasteiger partial charge in [0, 0.05) is 0 Å². The summed E-state index contributed by atoms with van der Waals surface area (Å²) in [5.74, 6) is -1.44. The summed E-state index contributed by atoms with van der Waals surface area (Å²) in [6, 6.07) is 0. The number of hydrogen-bond donors (Lipinski definition) is 4. The van der Waals surface area contributed by atoms with E-state index in [1.165, 1.54) is 0 Å². The minimum atomic E-state index is -1.74. The second-order valence-electron chi connectivity index (χ2n) is 2.75. The van der Waals surface area contributed by atoms with Crippen molar-refractivity contribution >= 4 is 28.4 Å². The van der Waals surface area contributed by atoms with E-state index in [1.54, 1.807) is 0 Å². The third-order valence-corrected chi connectivity index (χ3v) is 3.66. The van der Waals surface area contributed by atoms with Crippen molar-refractivity contribution in [2.24, 2.45) is 0 Å². The number of hydrogen-bond acceptors (Lipinski definition) is 6. The Morgan fingerprint density at radius 2 is 1.93 bits per heavy atom. The van der Waals surface area contributed by atoms with Crippen LogP contribution < -0.4 is 0 Å². The topological polar surface area (TPSA) is 116 Å². The van der Waals surface area contributed by atoms with E-state index in [9.17, 15) is 9.90 Å². The molecule has 0 amide bonds. The Labute approximate surface area is 90.9 Å². The molecule has 4 atom stereocenters. The fraction of sp³-hybridized carbons (Fsp3) is 0.833. The van der Waals surface area contributed by atoms with Gasteiger partial charge in [-0.1, -0.05) is 0 Å². The van der Waals surface area contributed by atoms with Crippen molar-refractivity contribution in [3.05, 3.63) is 0 Å². The van der Waals surface area contributed by atoms with Crippen molar-refractivity contribution < 1.29 is 31.3 Å². The second-order valence-corrected chi connectivity index (χ2v) is 4.38. The molecule has 1 heterocycles. The van der Waals surface area contributed by atoms with Gasteiger partial charge in [0.15, 0.2) is 0 Å². The average molecular weight is 316 g/mol. The van der Waals surface area contributed by atoms with E-state index in [0.717, 1.165) is 0 Å². The van der Waals surface area contributed by atoms with E-state index in [2.05, 4.69) is 0 Å². The van der Waals surface area contributed by atoms with E-state index in [-0.39, 0.29) is 0 Å². The molecule has 0 aromatic carbocycles. The van der Waals surface area contributed by atoms with Gasteiger partial charge in [-0.25, -0.2) is 0 Å². The zero-order valence-electron chi connectivity index (χ0n) is 6.98. The maximum absolute atomic E-state index is 10.4. The monoisotopic (exact) mass is 315 g/mol. The van der Waals surface area contributed by atoms with Crippen molar-refractivity contribution in [2.75, 3.05) is 6.61 Å². The minimum absolute atomic E-state index is 0.562. The molecular formula is C6H10O7Sb. The van der Waals surface area contributed by atoms with Crippen LogP contribution in [-0.2, 0) is 10.8 Å². The summed E-state index contributed by atoms with van der Waals surface area (Å²) in [7, 11) is 0. The van der Waals surface area contributed by atoms with Crippen molar-refractivity contribution in [3.63, 3.8) is 0 Å². The molecule has 1 radical (unpaired) electrons. The van der Waals surface area contributed by atoms with Gasteiger partial charge in [-0.2, -0.15) is 0 Å². The van der Waals surface area contributed by atoms with Gasteiger partial charge in [-0.15, -0.1) is 0 Å². The zero-order valence-corrected chi connectivity index (χ0v) is 9.53. The molecule has 1 rings (SSSR count). The first-order valence-electron chi connectivity index (χ1n) is 3.79. The molecular weight excluding hydrogens is 306 g/mol. The first kappa shape index (κ1) is 12.2. The summed E-state index contributed by atoms with van der Waals surface area (Å²) in [4.78, 5) is 10.4. The average Bonchev–Trinajstić information content (AvgIpc) is 2.63. The molecule has 4 unspecified atom stereocenters. The molecule has 1 fully saturated rings. The molecule has 8 heteroatoms. The van der Waals surface area contributed by atoms with Crippen LogP contribution in [0.25, 0.3) is 0 Å². The molecule has 1 saturated heterocycles. The summed E-state index contributed by atoms with van der Waals surface area (Å²) in [5.41, 5.74) is 0. The predicted octanol–water partition coefficient (Wildman–Crippen LogP) is -2.90. The van der Waals surface area contributed by atoms with Crippen LogP contribution in [0, 0.1) is 0 Å². The number of aliphatic hydroxyl groups is 3. The molecule has 0 aromatic rings. The van der Waals surface area contributed by atoms with E-state index in [1.807, 2.05) is 0 Å². The van der Waals surface area contributed by atoms with Crippen LogP contribution in [0.2, 0.25) is 0 Å². The Morgan fingerprint density at radius 3 is 2.43 bits per heavy atom. The quantitative estimate of drug-likeness (QED) is 0.411. The van der Waals surface area contributed by atoms with Gasteiger partial charge in [0.25, 0.3) is 0 Å². The number of carboxylic acids is 1. The van der Waals surface area contributed by atoms with E-state index in [4.69, 9.17) is 21.4 Å². The van der Waals surface area contributed by atoms with Crippen molar-refractivity contribution in [3.8, 4) is 0 Å². The second kappa shape index (κ2) is 5.25. The molecule has 0 aromatic heterocycles. The van der Waals surface area contributed by atoms with E-state index < -0.39 is 59.4 Å². The molecule has 1 aliphatic rings. The molecule has 1 aliphatic heterocycles. The van der Waals surface area contributed by atoms with Crippen molar-refractivity contribution in [1.29, 1.82) is 0 Å². The van der Waals surface area contributed by atoms with Gasteiger partial charge in [-0.05, 0) is 0 Å². The maximum atomic E-state index is 10.4. The standard InChI is InChI=1S/C6H10O7.Sb/c7-1-2(8)3(9)4(10)5(11)6(12)13;/h2-5,7-8,11H,1H2,(H,12,13);/q-2;+2. The molecule has 0 bridgehead atoms. The molecule has 0 saturated carbocycles. The molecule has 4 N–H and O–H groups in total. The summed E-state index contributed by atoms with van der Waals surface area (Å²) >= 11 is -1.47. The Bertz CT molecular complexity index is 210. The third-order valence-electron chi connectivity index (χ3n) is 1.78. The van der Waals surface area contributed by atoms with Crippen LogP contribution in [0.4, 0.5) is 0 Å². The summed E-state index contributed by atoms with van der Waals surface area (Å²) in [6.45, 7) is -0.562. The number of rotatable bonds is 4. The van der Waals surface area contributed by atoms with Crippen LogP contribution in [-0.4, -0.2) is 79.9 Å². The summed E-state index contributed by atoms with van der Waals surface area (Å²) in [6.07, 6.45) is -5.01. The SMILES string of the molecule is O=C(O)C(O)C1[O][Sb][O]C1C(O)CO. The van der Waals surface area contributed by atoms with Gasteiger partial charge in [-0.3, -0.25) is 0 Å². The van der Waals surface area contributed by atoms with Gasteiger partial charge in [0.2, 0.25) is 0 Å². The normalized spacial score (nSPS) is 31.4. The van der Waals surface area contributed by atoms with Gasteiger partial charge in [0.05, 0.1) is 0 Å². The van der Waals surface area contributed by atoms with Gasteiger partial charge >= 0.3 is 90.7 Å². The Morgan fingerprint density at radius 1 is 1.36 bits per heavy atom. The third kappa shape index (κ3) is 2.56. The number of aliphatic carboxylic acids is 1. The zero-order chi connectivity index (χ0) is 10.7. The van der Waals surface area contributed by atoms with Gasteiger partial charge < -0.3 is 0 Å². The molecule has 0 aliphatic carbocycles. The van der Waals surface area contributed by atoms with E-state index in [0.29, 0.717) is 0 Å². The predicted molar refractivity (Wildman–Crippen MR) is 42.2 cm³/mol. The fourth-order valence-corrected chi connectivity index (χ4v) is 3.14. The van der Waals surface area contributed by atoms with E-state index >= 15 is 0 Å². The Kier molecular flexibility index (Phi) is 4.56. The molecule has 14 heavy (non-hydrogen) atoms. The Balaban J connectivity index is 2.63. The summed E-state index contributed by atoms with van der Waals surface area (Å²) in [5, 5.41) is 35.5. The van der Waals surface area contributed by atoms with Crippen molar-refractivity contribution in [2.45, 2.75) is 24.4 Å². The van der Waals surface area contributed by atoms with Crippen LogP contribution >= 0.6 is 0 Å². The van der Waals surface area contributed by atoms with Crippen molar-refractivity contribution in [1.82, 2.24) is 0 Å². The van der Waals surface area contributed by atoms with Crippen LogP contribution in [0.1, 0.15) is 0 Å². The van der Waals surface area contributed by atoms with Crippen LogP contribution in [0.3, 0.4) is 0 Å². The summed E-state index contributed by atoms with van der Waals surface area (Å²) < 4.78 is 9.92. The Hall–Kier alpha value is 0.0882. The van der Waals surface area contributed by atoms with Crippen LogP contribution in [0.5, 0.6) is 0 Å². The molecule has 0 spiro atoms. The molecule has 81 valence electrons. The first-order chi connectivity index (χ1) is 6.57. The number of aliphatic hydroxyl groups excluding tert-OH is 3. The first-order valence-corrected chi connectivity index (χ1v) is 5.88. The fourth-order valence-electron chi connectivity index (χ4n) is 1.02. The number of carboxylic acid groups (broad SMARTS) is 1. The van der Waals surface area contributed by atoms with Crippen LogP contribution in [0.15, 0.2) is 0 Å². The number of carbonyl (C=O) groups is 1. The van der Waals surface area contributed by atoms with Gasteiger partial charge in [0.1, 0.15) is 0 Å².